The molecule has 4 amide bonds. The minimum Gasteiger partial charge on any atom is -0.363 e. The first-order chi connectivity index (χ1) is 19.9. The molecule has 234 valence electrons. The lowest BCUT2D eigenvalue weighted by Gasteiger charge is -2.40. The number of aldehydes is 1. The van der Waals surface area contributed by atoms with Gasteiger partial charge in [-0.05, 0) is 54.9 Å². The van der Waals surface area contributed by atoms with Crippen molar-refractivity contribution in [3.8, 4) is 0 Å². The third kappa shape index (κ3) is 9.80. The molecule has 1 saturated heterocycles. The number of Topliss-reactive ketones (excluding diaryl/α,β-unsaturated/α-hetero) is 1. The van der Waals surface area contributed by atoms with Crippen molar-refractivity contribution in [3.63, 3.8) is 0 Å². The first kappa shape index (κ1) is 34.1. The Balaban J connectivity index is 0.000000337. The van der Waals surface area contributed by atoms with Crippen LogP contribution >= 0.6 is 24.2 Å². The van der Waals surface area contributed by atoms with Crippen LogP contribution in [0.15, 0.2) is 17.5 Å². The van der Waals surface area contributed by atoms with Crippen molar-refractivity contribution in [2.45, 2.75) is 115 Å². The van der Waals surface area contributed by atoms with Crippen LogP contribution in [-0.2, 0) is 25.6 Å². The topological polar surface area (TPSA) is 151 Å². The van der Waals surface area contributed by atoms with Gasteiger partial charge in [-0.1, -0.05) is 71.8 Å². The number of primary amides is 1. The molecule has 1 aromatic heterocycles. The van der Waals surface area contributed by atoms with Crippen molar-refractivity contribution in [1.29, 1.82) is 0 Å². The van der Waals surface area contributed by atoms with E-state index in [0.29, 0.717) is 25.3 Å². The molecule has 0 radical (unpaired) electrons. The Morgan fingerprint density at radius 1 is 1.14 bits per heavy atom. The van der Waals surface area contributed by atoms with Gasteiger partial charge in [0, 0.05) is 23.4 Å². The average Bonchev–Trinajstić information content (AvgIpc) is 3.39. The number of urea groups is 1. The molecule has 3 unspecified atom stereocenters. The molecule has 2 heterocycles. The molecule has 4 rings (SSSR count). The highest BCUT2D eigenvalue weighted by Gasteiger charge is 2.41. The molecule has 0 bridgehead atoms. The number of carbonyl (C=O) groups excluding carboxylic acids is 5. The van der Waals surface area contributed by atoms with Crippen LogP contribution in [0.1, 0.15) is 89.9 Å². The Kier molecular flexibility index (Phi) is 12.4. The highest BCUT2D eigenvalue weighted by molar-refractivity contribution is 7.78. The van der Waals surface area contributed by atoms with Crippen molar-refractivity contribution >= 4 is 54.1 Å². The Hall–Kier alpha value is -2.44. The summed E-state index contributed by atoms with van der Waals surface area (Å²) in [5.41, 5.74) is 4.12. The van der Waals surface area contributed by atoms with Crippen molar-refractivity contribution in [1.82, 2.24) is 20.3 Å². The van der Waals surface area contributed by atoms with E-state index >= 15 is 0 Å². The highest BCUT2D eigenvalue weighted by atomic mass is 32.1. The van der Waals surface area contributed by atoms with Gasteiger partial charge in [-0.15, -0.1) is 11.3 Å². The molecule has 2 saturated carbocycles. The number of ketones is 1. The minimum absolute atomic E-state index is 0.164. The van der Waals surface area contributed by atoms with Crippen LogP contribution in [0.2, 0.25) is 0 Å². The molecule has 1 aromatic rings. The number of thiol groups is 1. The predicted octanol–water partition coefficient (Wildman–Crippen LogP) is 3.54. The molecule has 2 aliphatic carbocycles. The quantitative estimate of drug-likeness (QED) is 0.145. The number of amides is 4. The second kappa shape index (κ2) is 15.3. The average molecular weight is 622 g/mol. The van der Waals surface area contributed by atoms with Crippen molar-refractivity contribution in [2.24, 2.45) is 17.1 Å². The van der Waals surface area contributed by atoms with E-state index in [1.54, 1.807) is 16.2 Å². The SMILES string of the molecule is CC(C)(C)C(NC(=O)NC1(Cc2cccs2)CCCCC1)C(=O)N1CCCC1C=O.NC(=O)C(=O)C(CC1CC1)NS. The second-order valence-corrected chi connectivity index (χ2v) is 14.3. The van der Waals surface area contributed by atoms with Crippen LogP contribution in [0.3, 0.4) is 0 Å². The predicted molar refractivity (Wildman–Crippen MR) is 167 cm³/mol. The maximum absolute atomic E-state index is 13.3. The van der Waals surface area contributed by atoms with E-state index in [9.17, 15) is 24.0 Å². The van der Waals surface area contributed by atoms with Crippen LogP contribution in [0, 0.1) is 11.3 Å². The lowest BCUT2D eigenvalue weighted by atomic mass is 9.79. The van der Waals surface area contributed by atoms with Gasteiger partial charge in [0.15, 0.2) is 0 Å². The molecule has 1 aliphatic heterocycles. The molecule has 5 N–H and O–H groups in total. The molecule has 10 nitrogen and oxygen atoms in total. The monoisotopic (exact) mass is 621 g/mol. The zero-order chi connectivity index (χ0) is 30.9. The maximum atomic E-state index is 13.3. The summed E-state index contributed by atoms with van der Waals surface area (Å²) in [5, 5.41) is 8.31. The van der Waals surface area contributed by atoms with Gasteiger partial charge in [0.2, 0.25) is 11.7 Å². The Labute approximate surface area is 258 Å². The summed E-state index contributed by atoms with van der Waals surface area (Å²) in [4.78, 5) is 62.2. The molecule has 0 aromatic carbocycles. The summed E-state index contributed by atoms with van der Waals surface area (Å²) < 4.78 is 2.50. The van der Waals surface area contributed by atoms with E-state index < -0.39 is 29.2 Å². The first-order valence-electron chi connectivity index (χ1n) is 15.0. The number of nitrogens with one attached hydrogen (secondary N) is 3. The Morgan fingerprint density at radius 3 is 2.36 bits per heavy atom. The van der Waals surface area contributed by atoms with E-state index in [-0.39, 0.29) is 23.5 Å². The highest BCUT2D eigenvalue weighted by Crippen LogP contribution is 2.34. The van der Waals surface area contributed by atoms with E-state index in [4.69, 9.17) is 5.73 Å². The van der Waals surface area contributed by atoms with Crippen LogP contribution in [0.5, 0.6) is 0 Å². The number of rotatable bonds is 11. The zero-order valence-electron chi connectivity index (χ0n) is 25.0. The minimum atomic E-state index is -0.887. The molecule has 42 heavy (non-hydrogen) atoms. The van der Waals surface area contributed by atoms with Gasteiger partial charge in [0.25, 0.3) is 5.91 Å². The van der Waals surface area contributed by atoms with Gasteiger partial charge in [-0.3, -0.25) is 19.1 Å². The summed E-state index contributed by atoms with van der Waals surface area (Å²) in [6.07, 6.45) is 11.4. The largest absolute Gasteiger partial charge is 0.363 e. The second-order valence-electron chi connectivity index (χ2n) is 13.0. The number of hydrogen-bond donors (Lipinski definition) is 5. The molecule has 3 fully saturated rings. The number of thiophene rings is 1. The van der Waals surface area contributed by atoms with Gasteiger partial charge in [0.05, 0.1) is 12.1 Å². The van der Waals surface area contributed by atoms with Crippen LogP contribution in [-0.4, -0.2) is 65.0 Å². The third-order valence-electron chi connectivity index (χ3n) is 8.39. The van der Waals surface area contributed by atoms with Gasteiger partial charge in [0.1, 0.15) is 12.3 Å². The number of carbonyl (C=O) groups is 5. The molecule has 3 aliphatic rings. The van der Waals surface area contributed by atoms with Crippen molar-refractivity contribution in [3.05, 3.63) is 22.4 Å². The maximum Gasteiger partial charge on any atom is 0.315 e. The van der Waals surface area contributed by atoms with E-state index in [1.165, 1.54) is 11.3 Å². The lowest BCUT2D eigenvalue weighted by molar-refractivity contribution is -0.138. The summed E-state index contributed by atoms with van der Waals surface area (Å²) in [6.45, 7) is 6.41. The third-order valence-corrected chi connectivity index (χ3v) is 9.58. The smallest absolute Gasteiger partial charge is 0.315 e. The summed E-state index contributed by atoms with van der Waals surface area (Å²) in [5.74, 6) is -1.06. The fourth-order valence-corrected chi connectivity index (χ4v) is 6.90. The molecule has 3 atom stereocenters. The van der Waals surface area contributed by atoms with Crippen molar-refractivity contribution in [2.75, 3.05) is 6.54 Å². The van der Waals surface area contributed by atoms with Gasteiger partial charge in [-0.25, -0.2) is 4.79 Å². The molecule has 0 spiro atoms. The van der Waals surface area contributed by atoms with E-state index in [1.807, 2.05) is 26.8 Å². The van der Waals surface area contributed by atoms with Gasteiger partial charge in [-0.2, -0.15) is 0 Å². The molecular weight excluding hydrogens is 574 g/mol. The fraction of sp³-hybridized carbons (Fsp3) is 0.700. The summed E-state index contributed by atoms with van der Waals surface area (Å²) in [6, 6.07) is 2.32. The Morgan fingerprint density at radius 2 is 1.83 bits per heavy atom. The van der Waals surface area contributed by atoms with Crippen LogP contribution in [0.25, 0.3) is 0 Å². The van der Waals surface area contributed by atoms with Gasteiger partial charge >= 0.3 is 6.03 Å². The van der Waals surface area contributed by atoms with E-state index in [0.717, 1.165) is 57.7 Å². The number of nitrogens with zero attached hydrogens (tertiary/aromatic N) is 1. The van der Waals surface area contributed by atoms with Crippen LogP contribution in [0.4, 0.5) is 4.79 Å². The first-order valence-corrected chi connectivity index (χ1v) is 16.3. The lowest BCUT2D eigenvalue weighted by Crippen LogP contribution is -2.61. The summed E-state index contributed by atoms with van der Waals surface area (Å²) in [7, 11) is 0. The number of nitrogens with two attached hydrogens (primary N) is 1. The normalized spacial score (nSPS) is 21.3. The number of hydrogen-bond acceptors (Lipinski definition) is 8. The Bertz CT molecular complexity index is 1080. The summed E-state index contributed by atoms with van der Waals surface area (Å²) >= 11 is 5.49. The molecule has 12 heteroatoms. The zero-order valence-corrected chi connectivity index (χ0v) is 26.7. The van der Waals surface area contributed by atoms with E-state index in [2.05, 4.69) is 39.6 Å². The van der Waals surface area contributed by atoms with Gasteiger partial charge < -0.3 is 26.1 Å². The van der Waals surface area contributed by atoms with Crippen molar-refractivity contribution < 1.29 is 24.0 Å². The fourth-order valence-electron chi connectivity index (χ4n) is 5.83. The van der Waals surface area contributed by atoms with Crippen LogP contribution < -0.4 is 21.1 Å². The number of likely N-dealkylation sites (tertiary alicyclic amines) is 1. The molecular formula is C30H47N5O5S2. The standard InChI is InChI=1S/C23H35N3O3S.C7H12N2O2S/c1-22(2,3)19(20(28)26-13-7-9-17(26)16-27)24-21(29)25-23(11-5-4-6-12-23)15-18-10-8-14-30-18;8-7(11)6(10)5(9-12)3-4-1-2-4/h8,10,14,16-17,19H,4-7,9,11-13,15H2,1-3H3,(H2,24,25,29);4-5,9,12H,1-3H2,(H2,8,11).